The number of aromatic nitrogens is 2. The summed E-state index contributed by atoms with van der Waals surface area (Å²) in [5.74, 6) is 0.504. The van der Waals surface area contributed by atoms with E-state index in [0.717, 1.165) is 16.5 Å². The molecule has 3 aromatic rings. The van der Waals surface area contributed by atoms with Gasteiger partial charge < -0.3 is 15.7 Å². The van der Waals surface area contributed by atoms with E-state index in [-0.39, 0.29) is 23.9 Å². The summed E-state index contributed by atoms with van der Waals surface area (Å²) in [6, 6.07) is 10.4. The summed E-state index contributed by atoms with van der Waals surface area (Å²) in [5, 5.41) is 26.1. The van der Waals surface area contributed by atoms with Gasteiger partial charge in [0.25, 0.3) is 0 Å². The van der Waals surface area contributed by atoms with Gasteiger partial charge >= 0.3 is 6.03 Å². The van der Waals surface area contributed by atoms with Gasteiger partial charge in [0.1, 0.15) is 0 Å². The number of carbonyl (C=O) groups excluding carboxylic acids is 1. The van der Waals surface area contributed by atoms with E-state index in [2.05, 4.69) is 20.8 Å². The van der Waals surface area contributed by atoms with Gasteiger partial charge in [-0.3, -0.25) is 5.10 Å². The van der Waals surface area contributed by atoms with E-state index >= 15 is 0 Å². The van der Waals surface area contributed by atoms with E-state index in [4.69, 9.17) is 23.2 Å². The summed E-state index contributed by atoms with van der Waals surface area (Å²) in [6.07, 6.45) is 2.90. The molecule has 8 heteroatoms. The number of urea groups is 1. The molecule has 28 heavy (non-hydrogen) atoms. The fourth-order valence-corrected chi connectivity index (χ4v) is 4.90. The van der Waals surface area contributed by atoms with Gasteiger partial charge in [-0.05, 0) is 66.6 Å². The van der Waals surface area contributed by atoms with Crippen molar-refractivity contribution >= 4 is 45.8 Å². The predicted molar refractivity (Wildman–Crippen MR) is 109 cm³/mol. The first-order valence-corrected chi connectivity index (χ1v) is 9.87. The smallest absolute Gasteiger partial charge is 0.319 e. The van der Waals surface area contributed by atoms with Crippen LogP contribution in [0.2, 0.25) is 10.0 Å². The highest BCUT2D eigenvalue weighted by Gasteiger charge is 2.62. The molecule has 2 aliphatic rings. The molecular weight excluding hydrogens is 399 g/mol. The number of aromatic amines is 1. The average Bonchev–Trinajstić information content (AvgIpc) is 3.03. The van der Waals surface area contributed by atoms with Crippen molar-refractivity contribution in [2.24, 2.45) is 11.8 Å². The molecule has 1 aromatic heterocycles. The molecule has 0 bridgehead atoms. The number of rotatable bonds is 3. The molecule has 4 atom stereocenters. The first-order chi connectivity index (χ1) is 13.4. The Morgan fingerprint density at radius 3 is 2.57 bits per heavy atom. The van der Waals surface area contributed by atoms with Crippen LogP contribution in [0, 0.1) is 11.8 Å². The molecule has 1 heterocycles. The van der Waals surface area contributed by atoms with Crippen molar-refractivity contribution in [1.29, 1.82) is 0 Å². The van der Waals surface area contributed by atoms with Gasteiger partial charge in [-0.2, -0.15) is 5.10 Å². The lowest BCUT2D eigenvalue weighted by molar-refractivity contribution is 0.0300. The monoisotopic (exact) mass is 416 g/mol. The van der Waals surface area contributed by atoms with Gasteiger partial charge in [-0.1, -0.05) is 23.2 Å². The third-order valence-corrected chi connectivity index (χ3v) is 6.37. The van der Waals surface area contributed by atoms with Crippen LogP contribution in [0.1, 0.15) is 18.4 Å². The first kappa shape index (κ1) is 17.8. The zero-order valence-electron chi connectivity index (χ0n) is 14.7. The summed E-state index contributed by atoms with van der Waals surface area (Å²) in [4.78, 5) is 12.2. The van der Waals surface area contributed by atoms with Gasteiger partial charge in [0.05, 0.1) is 17.3 Å². The molecule has 0 spiro atoms. The van der Waals surface area contributed by atoms with Crippen molar-refractivity contribution in [3.8, 4) is 0 Å². The molecule has 0 aliphatic heterocycles. The number of H-pyrrole nitrogens is 1. The molecule has 144 valence electrons. The van der Waals surface area contributed by atoms with Gasteiger partial charge in [0, 0.05) is 27.2 Å². The number of aliphatic hydroxyl groups is 1. The number of nitrogens with one attached hydrogen (secondary N) is 3. The molecule has 2 saturated carbocycles. The minimum Gasteiger partial charge on any atom is -0.385 e. The standard InChI is InChI=1S/C20H18Cl2N4O2/c21-10-1-3-12(4-2-10)24-19(27)25-18-13-7-20(28,8-14(13)18)16-5-11(22)6-17-15(16)9-23-26-17/h1-6,9,13-14,18,28H,7-8H2,(H,23,26)(H2,24,25,27)/t13-,14+,18-,20+. The second-order valence-electron chi connectivity index (χ2n) is 7.68. The molecule has 5 rings (SSSR count). The van der Waals surface area contributed by atoms with E-state index in [0.29, 0.717) is 28.6 Å². The van der Waals surface area contributed by atoms with E-state index in [1.54, 1.807) is 36.5 Å². The van der Waals surface area contributed by atoms with Gasteiger partial charge in [-0.25, -0.2) is 4.79 Å². The van der Waals surface area contributed by atoms with Crippen LogP contribution in [-0.4, -0.2) is 27.4 Å². The van der Waals surface area contributed by atoms with Crippen LogP contribution in [-0.2, 0) is 5.60 Å². The fraction of sp³-hybridized carbons (Fsp3) is 0.300. The lowest BCUT2D eigenvalue weighted by Gasteiger charge is -2.27. The van der Waals surface area contributed by atoms with Crippen LogP contribution in [0.3, 0.4) is 0 Å². The summed E-state index contributed by atoms with van der Waals surface area (Å²) in [7, 11) is 0. The van der Waals surface area contributed by atoms with E-state index in [1.807, 2.05) is 6.07 Å². The Kier molecular flexibility index (Phi) is 4.05. The number of carbonyl (C=O) groups is 1. The van der Waals surface area contributed by atoms with Crippen molar-refractivity contribution in [1.82, 2.24) is 15.5 Å². The van der Waals surface area contributed by atoms with Gasteiger partial charge in [0.2, 0.25) is 0 Å². The van der Waals surface area contributed by atoms with Crippen LogP contribution in [0.4, 0.5) is 10.5 Å². The topological polar surface area (TPSA) is 90.0 Å². The number of benzene rings is 2. The Morgan fingerprint density at radius 2 is 1.86 bits per heavy atom. The molecule has 2 fully saturated rings. The Hall–Kier alpha value is -2.28. The van der Waals surface area contributed by atoms with Crippen molar-refractivity contribution in [2.75, 3.05) is 5.32 Å². The zero-order valence-corrected chi connectivity index (χ0v) is 16.3. The average molecular weight is 417 g/mol. The molecule has 0 radical (unpaired) electrons. The Balaban J connectivity index is 1.26. The molecule has 0 saturated heterocycles. The minimum atomic E-state index is -0.951. The van der Waals surface area contributed by atoms with Crippen molar-refractivity contribution in [3.05, 3.63) is 58.2 Å². The normalized spacial score (nSPS) is 28.2. The van der Waals surface area contributed by atoms with E-state index < -0.39 is 5.60 Å². The number of halogens is 2. The summed E-state index contributed by atoms with van der Waals surface area (Å²) < 4.78 is 0. The molecule has 2 aliphatic carbocycles. The van der Waals surface area contributed by atoms with Crippen LogP contribution in [0.5, 0.6) is 0 Å². The SMILES string of the molecule is O=C(Nc1ccc(Cl)cc1)N[C@@H]1[C@@H]2C[C@@](O)(c3cc(Cl)cc4[nH]ncc34)C[C@@H]21. The number of amides is 2. The largest absolute Gasteiger partial charge is 0.385 e. The molecule has 6 nitrogen and oxygen atoms in total. The minimum absolute atomic E-state index is 0.0756. The maximum atomic E-state index is 12.2. The second-order valence-corrected chi connectivity index (χ2v) is 8.56. The van der Waals surface area contributed by atoms with E-state index in [1.165, 1.54) is 0 Å². The number of nitrogens with zero attached hydrogens (tertiary/aromatic N) is 1. The van der Waals surface area contributed by atoms with Crippen molar-refractivity contribution < 1.29 is 9.90 Å². The molecule has 2 amide bonds. The summed E-state index contributed by atoms with van der Waals surface area (Å²) in [5.41, 5.74) is 1.35. The van der Waals surface area contributed by atoms with Gasteiger partial charge in [-0.15, -0.1) is 0 Å². The van der Waals surface area contributed by atoms with Gasteiger partial charge in [0.15, 0.2) is 0 Å². The lowest BCUT2D eigenvalue weighted by atomic mass is 9.86. The van der Waals surface area contributed by atoms with E-state index in [9.17, 15) is 9.90 Å². The molecule has 4 N–H and O–H groups in total. The van der Waals surface area contributed by atoms with Crippen LogP contribution >= 0.6 is 23.2 Å². The fourth-order valence-electron chi connectivity index (χ4n) is 4.55. The number of anilines is 1. The molecule has 2 aromatic carbocycles. The highest BCUT2D eigenvalue weighted by atomic mass is 35.5. The van der Waals surface area contributed by atoms with Crippen molar-refractivity contribution in [2.45, 2.75) is 24.5 Å². The maximum absolute atomic E-state index is 12.2. The number of fused-ring (bicyclic) bond motifs is 2. The predicted octanol–water partition coefficient (Wildman–Crippen LogP) is 4.29. The highest BCUT2D eigenvalue weighted by Crippen LogP contribution is 2.60. The number of hydrogen-bond acceptors (Lipinski definition) is 3. The van der Waals surface area contributed by atoms with Crippen LogP contribution < -0.4 is 10.6 Å². The zero-order chi connectivity index (χ0) is 19.5. The third-order valence-electron chi connectivity index (χ3n) is 5.90. The van der Waals surface area contributed by atoms with Crippen molar-refractivity contribution in [3.63, 3.8) is 0 Å². The highest BCUT2D eigenvalue weighted by molar-refractivity contribution is 6.31. The number of hydrogen-bond donors (Lipinski definition) is 4. The lowest BCUT2D eigenvalue weighted by Crippen LogP contribution is -2.36. The van der Waals surface area contributed by atoms with Crippen LogP contribution in [0.15, 0.2) is 42.6 Å². The molecular formula is C20H18Cl2N4O2. The Bertz CT molecular complexity index is 1050. The summed E-state index contributed by atoms with van der Waals surface area (Å²) in [6.45, 7) is 0. The summed E-state index contributed by atoms with van der Waals surface area (Å²) >= 11 is 12.1. The third kappa shape index (κ3) is 3.02. The van der Waals surface area contributed by atoms with Crippen LogP contribution in [0.25, 0.3) is 10.9 Å². The maximum Gasteiger partial charge on any atom is 0.319 e. The Labute approximate surface area is 171 Å². The second kappa shape index (κ2) is 6.37. The molecule has 0 unspecified atom stereocenters. The first-order valence-electron chi connectivity index (χ1n) is 9.11. The Morgan fingerprint density at radius 1 is 1.14 bits per heavy atom. The quantitative estimate of drug-likeness (QED) is 0.513.